The second kappa shape index (κ2) is 4.99. The third-order valence-corrected chi connectivity index (χ3v) is 4.35. The van der Waals surface area contributed by atoms with Gasteiger partial charge < -0.3 is 5.32 Å². The molecule has 0 unspecified atom stereocenters. The third kappa shape index (κ3) is 2.74. The Hall–Kier alpha value is -1.54. The Labute approximate surface area is 95.8 Å². The summed E-state index contributed by atoms with van der Waals surface area (Å²) in [5.41, 5.74) is 0.740. The monoisotopic (exact) mass is 238 g/mol. The molecule has 0 fully saturated rings. The van der Waals surface area contributed by atoms with E-state index in [0.29, 0.717) is 4.90 Å². The van der Waals surface area contributed by atoms with Crippen molar-refractivity contribution in [1.82, 2.24) is 0 Å². The molecule has 0 amide bonds. The third-order valence-electron chi connectivity index (χ3n) is 2.18. The Morgan fingerprint density at radius 3 is 2.31 bits per heavy atom. The molecule has 0 aliphatic heterocycles. The molecule has 0 spiro atoms. The van der Waals surface area contributed by atoms with Gasteiger partial charge in [0.1, 0.15) is 6.54 Å². The zero-order valence-electron chi connectivity index (χ0n) is 9.27. The molecule has 0 bridgehead atoms. The maximum absolute atomic E-state index is 11.8. The highest BCUT2D eigenvalue weighted by molar-refractivity contribution is 7.92. The SMILES string of the molecule is CC(C)S(=O)(=O)c1ccc(NCC#N)cc1. The molecule has 1 aromatic carbocycles. The lowest BCUT2D eigenvalue weighted by atomic mass is 10.3. The highest BCUT2D eigenvalue weighted by Gasteiger charge is 2.18. The van der Waals surface area contributed by atoms with Crippen LogP contribution in [-0.2, 0) is 9.84 Å². The van der Waals surface area contributed by atoms with Crippen molar-refractivity contribution in [1.29, 1.82) is 5.26 Å². The summed E-state index contributed by atoms with van der Waals surface area (Å²) in [7, 11) is -3.21. The van der Waals surface area contributed by atoms with Gasteiger partial charge >= 0.3 is 0 Å². The van der Waals surface area contributed by atoms with E-state index in [-0.39, 0.29) is 6.54 Å². The lowest BCUT2D eigenvalue weighted by molar-refractivity contribution is 0.587. The lowest BCUT2D eigenvalue weighted by Crippen LogP contribution is -2.13. The van der Waals surface area contributed by atoms with Crippen molar-refractivity contribution < 1.29 is 8.42 Å². The van der Waals surface area contributed by atoms with Gasteiger partial charge in [-0.2, -0.15) is 5.26 Å². The Morgan fingerprint density at radius 1 is 1.31 bits per heavy atom. The molecular formula is C11H14N2O2S. The first-order valence-electron chi connectivity index (χ1n) is 4.93. The van der Waals surface area contributed by atoms with E-state index in [1.165, 1.54) is 0 Å². The van der Waals surface area contributed by atoms with Gasteiger partial charge in [-0.1, -0.05) is 0 Å². The maximum atomic E-state index is 11.8. The van der Waals surface area contributed by atoms with Crippen LogP contribution in [0.25, 0.3) is 0 Å². The predicted octanol–water partition coefficient (Wildman–Crippen LogP) is 1.80. The number of nitrogens with zero attached hydrogens (tertiary/aromatic N) is 1. The molecule has 0 aliphatic rings. The van der Waals surface area contributed by atoms with Crippen LogP contribution in [0.1, 0.15) is 13.8 Å². The summed E-state index contributed by atoms with van der Waals surface area (Å²) < 4.78 is 23.6. The van der Waals surface area contributed by atoms with E-state index >= 15 is 0 Å². The summed E-state index contributed by atoms with van der Waals surface area (Å²) in [5, 5.41) is 10.8. The summed E-state index contributed by atoms with van der Waals surface area (Å²) in [4.78, 5) is 0.310. The van der Waals surface area contributed by atoms with Crippen molar-refractivity contribution >= 4 is 15.5 Å². The van der Waals surface area contributed by atoms with Crippen LogP contribution in [0.5, 0.6) is 0 Å². The number of anilines is 1. The van der Waals surface area contributed by atoms with Gasteiger partial charge in [0.2, 0.25) is 0 Å². The van der Waals surface area contributed by atoms with Crippen LogP contribution in [0.2, 0.25) is 0 Å². The van der Waals surface area contributed by atoms with E-state index in [1.807, 2.05) is 6.07 Å². The number of hydrogen-bond acceptors (Lipinski definition) is 4. The van der Waals surface area contributed by atoms with Gasteiger partial charge in [-0.3, -0.25) is 0 Å². The van der Waals surface area contributed by atoms with Crippen LogP contribution in [0.4, 0.5) is 5.69 Å². The summed E-state index contributed by atoms with van der Waals surface area (Å²) in [5.74, 6) is 0. The minimum Gasteiger partial charge on any atom is -0.372 e. The zero-order chi connectivity index (χ0) is 12.2. The topological polar surface area (TPSA) is 70.0 Å². The van der Waals surface area contributed by atoms with E-state index in [2.05, 4.69) is 5.32 Å². The van der Waals surface area contributed by atoms with Crippen LogP contribution >= 0.6 is 0 Å². The number of hydrogen-bond donors (Lipinski definition) is 1. The van der Waals surface area contributed by atoms with Crippen molar-refractivity contribution in [2.24, 2.45) is 0 Å². The molecule has 0 saturated carbocycles. The fourth-order valence-corrected chi connectivity index (χ4v) is 2.24. The van der Waals surface area contributed by atoms with Crippen molar-refractivity contribution in [2.45, 2.75) is 24.0 Å². The predicted molar refractivity (Wildman–Crippen MR) is 62.9 cm³/mol. The summed E-state index contributed by atoms with van der Waals surface area (Å²) in [6.07, 6.45) is 0. The molecule has 86 valence electrons. The molecule has 1 N–H and O–H groups in total. The van der Waals surface area contributed by atoms with E-state index in [4.69, 9.17) is 5.26 Å². The molecule has 0 aliphatic carbocycles. The normalized spacial score (nSPS) is 11.1. The standard InChI is InChI=1S/C11H14N2O2S/c1-9(2)16(14,15)11-5-3-10(4-6-11)13-8-7-12/h3-6,9,13H,8H2,1-2H3. The molecule has 1 rings (SSSR count). The van der Waals surface area contributed by atoms with Gasteiger partial charge in [0.15, 0.2) is 9.84 Å². The number of nitriles is 1. The van der Waals surface area contributed by atoms with Crippen molar-refractivity contribution in [3.63, 3.8) is 0 Å². The lowest BCUT2D eigenvalue weighted by Gasteiger charge is -2.08. The number of sulfone groups is 1. The molecule has 0 atom stereocenters. The van der Waals surface area contributed by atoms with Crippen LogP contribution in [0.3, 0.4) is 0 Å². The summed E-state index contributed by atoms with van der Waals surface area (Å²) in [6.45, 7) is 3.50. The highest BCUT2D eigenvalue weighted by Crippen LogP contribution is 2.18. The van der Waals surface area contributed by atoms with Crippen LogP contribution in [0, 0.1) is 11.3 Å². The Bertz CT molecular complexity index is 484. The molecule has 5 heteroatoms. The first-order valence-corrected chi connectivity index (χ1v) is 6.48. The van der Waals surface area contributed by atoms with Gasteiger partial charge in [-0.25, -0.2) is 8.42 Å². The molecule has 0 aromatic heterocycles. The fraction of sp³-hybridized carbons (Fsp3) is 0.364. The minimum atomic E-state index is -3.21. The zero-order valence-corrected chi connectivity index (χ0v) is 10.1. The quantitative estimate of drug-likeness (QED) is 0.812. The fourth-order valence-electron chi connectivity index (χ4n) is 1.18. The smallest absolute Gasteiger partial charge is 0.180 e. The first-order chi connectivity index (χ1) is 7.48. The molecule has 0 saturated heterocycles. The number of nitrogens with one attached hydrogen (secondary N) is 1. The van der Waals surface area contributed by atoms with E-state index < -0.39 is 15.1 Å². The van der Waals surface area contributed by atoms with Gasteiger partial charge in [0, 0.05) is 5.69 Å². The molecule has 4 nitrogen and oxygen atoms in total. The summed E-state index contributed by atoms with van der Waals surface area (Å²) >= 11 is 0. The Morgan fingerprint density at radius 2 is 1.88 bits per heavy atom. The van der Waals surface area contributed by atoms with Crippen LogP contribution in [-0.4, -0.2) is 20.2 Å². The molecular weight excluding hydrogens is 224 g/mol. The van der Waals surface area contributed by atoms with Crippen molar-refractivity contribution in [2.75, 3.05) is 11.9 Å². The highest BCUT2D eigenvalue weighted by atomic mass is 32.2. The van der Waals surface area contributed by atoms with Crippen LogP contribution < -0.4 is 5.32 Å². The van der Waals surface area contributed by atoms with E-state index in [1.54, 1.807) is 38.1 Å². The molecule has 16 heavy (non-hydrogen) atoms. The number of rotatable bonds is 4. The van der Waals surface area contributed by atoms with Crippen LogP contribution in [0.15, 0.2) is 29.2 Å². The van der Waals surface area contributed by atoms with E-state index in [0.717, 1.165) is 5.69 Å². The van der Waals surface area contributed by atoms with Gasteiger partial charge in [0.05, 0.1) is 16.2 Å². The molecule has 0 heterocycles. The van der Waals surface area contributed by atoms with Gasteiger partial charge in [0.25, 0.3) is 0 Å². The van der Waals surface area contributed by atoms with Crippen molar-refractivity contribution in [3.05, 3.63) is 24.3 Å². The molecule has 0 radical (unpaired) electrons. The number of benzene rings is 1. The summed E-state index contributed by atoms with van der Waals surface area (Å²) in [6, 6.07) is 8.37. The average Bonchev–Trinajstić information content (AvgIpc) is 2.26. The Kier molecular flexibility index (Phi) is 3.91. The van der Waals surface area contributed by atoms with Crippen molar-refractivity contribution in [3.8, 4) is 6.07 Å². The first kappa shape index (κ1) is 12.5. The second-order valence-electron chi connectivity index (χ2n) is 3.63. The van der Waals surface area contributed by atoms with Gasteiger partial charge in [-0.05, 0) is 38.1 Å². The second-order valence-corrected chi connectivity index (χ2v) is 6.13. The average molecular weight is 238 g/mol. The van der Waals surface area contributed by atoms with Gasteiger partial charge in [-0.15, -0.1) is 0 Å². The minimum absolute atomic E-state index is 0.205. The molecule has 1 aromatic rings. The van der Waals surface area contributed by atoms with E-state index in [9.17, 15) is 8.42 Å². The Balaban J connectivity index is 2.92. The maximum Gasteiger partial charge on any atom is 0.180 e. The largest absolute Gasteiger partial charge is 0.372 e.